The van der Waals surface area contributed by atoms with Gasteiger partial charge in [0.1, 0.15) is 0 Å². The van der Waals surface area contributed by atoms with Crippen LogP contribution in [0.2, 0.25) is 0 Å². The molecule has 1 aromatic rings. The molecule has 0 bridgehead atoms. The molecule has 2 heterocycles. The average molecular weight is 386 g/mol. The van der Waals surface area contributed by atoms with Crippen molar-refractivity contribution in [2.75, 3.05) is 19.6 Å². The van der Waals surface area contributed by atoms with Crippen LogP contribution in [0, 0.1) is 11.8 Å². The molecule has 3 rings (SSSR count). The predicted molar refractivity (Wildman–Crippen MR) is 103 cm³/mol. The Bertz CT molecular complexity index is 559. The van der Waals surface area contributed by atoms with E-state index < -0.39 is 0 Å². The van der Waals surface area contributed by atoms with Crippen molar-refractivity contribution in [3.05, 3.63) is 22.4 Å². The van der Waals surface area contributed by atoms with Crippen LogP contribution >= 0.6 is 23.7 Å². The summed E-state index contributed by atoms with van der Waals surface area (Å²) in [5.74, 6) is 0.542. The average Bonchev–Trinajstić information content (AvgIpc) is 3.26. The van der Waals surface area contributed by atoms with Crippen LogP contribution in [0.3, 0.4) is 0 Å². The molecule has 140 valence electrons. The maximum Gasteiger partial charge on any atom is 0.225 e. The molecule has 0 spiro atoms. The number of carbonyl (C=O) groups is 2. The van der Waals surface area contributed by atoms with Crippen molar-refractivity contribution in [3.8, 4) is 0 Å². The number of thiophene rings is 1. The van der Waals surface area contributed by atoms with Gasteiger partial charge in [0.15, 0.2) is 0 Å². The summed E-state index contributed by atoms with van der Waals surface area (Å²) in [6.45, 7) is 2.10. The Kier molecular flexibility index (Phi) is 7.72. The topological polar surface area (TPSA) is 75.4 Å². The highest BCUT2D eigenvalue weighted by Gasteiger charge is 2.33. The lowest BCUT2D eigenvalue weighted by Crippen LogP contribution is -2.45. The number of halogens is 1. The van der Waals surface area contributed by atoms with Crippen molar-refractivity contribution in [1.82, 2.24) is 10.2 Å². The minimum Gasteiger partial charge on any atom is -0.355 e. The molecular weight excluding hydrogens is 358 g/mol. The summed E-state index contributed by atoms with van der Waals surface area (Å²) < 4.78 is 0. The standard InChI is InChI=1S/C18H27N3O2S.ClH/c19-15-4-3-14(12-15)18(23)21-9-6-13(7-10-21)17(22)20-8-5-16-2-1-11-24-16;/h1-2,11,13-15H,3-10,12,19H2,(H,20,22);1H. The molecule has 0 aromatic carbocycles. The van der Waals surface area contributed by atoms with E-state index in [1.807, 2.05) is 11.0 Å². The molecule has 1 saturated heterocycles. The molecule has 25 heavy (non-hydrogen) atoms. The first-order valence-corrected chi connectivity index (χ1v) is 9.86. The third-order valence-electron chi connectivity index (χ3n) is 5.25. The van der Waals surface area contributed by atoms with E-state index in [2.05, 4.69) is 16.8 Å². The molecule has 2 amide bonds. The van der Waals surface area contributed by atoms with Gasteiger partial charge in [-0.2, -0.15) is 0 Å². The second-order valence-corrected chi connectivity index (χ2v) is 8.02. The second kappa shape index (κ2) is 9.55. The number of nitrogens with two attached hydrogens (primary N) is 1. The highest BCUT2D eigenvalue weighted by atomic mass is 35.5. The SMILES string of the molecule is Cl.NC1CCC(C(=O)N2CCC(C(=O)NCCc3cccs3)CC2)C1. The van der Waals surface area contributed by atoms with E-state index in [-0.39, 0.29) is 42.1 Å². The third kappa shape index (κ3) is 5.43. The highest BCUT2D eigenvalue weighted by Crippen LogP contribution is 2.28. The van der Waals surface area contributed by atoms with Crippen molar-refractivity contribution in [1.29, 1.82) is 0 Å². The lowest BCUT2D eigenvalue weighted by molar-refractivity contribution is -0.139. The number of piperidine rings is 1. The molecule has 5 nitrogen and oxygen atoms in total. The predicted octanol–water partition coefficient (Wildman–Crippen LogP) is 2.19. The zero-order chi connectivity index (χ0) is 16.9. The van der Waals surface area contributed by atoms with Crippen molar-refractivity contribution in [3.63, 3.8) is 0 Å². The fourth-order valence-electron chi connectivity index (χ4n) is 3.77. The van der Waals surface area contributed by atoms with Crippen LogP contribution in [-0.2, 0) is 16.0 Å². The molecule has 2 aliphatic rings. The molecule has 2 atom stereocenters. The first-order valence-electron chi connectivity index (χ1n) is 8.98. The normalized spacial score (nSPS) is 24.0. The fraction of sp³-hybridized carbons (Fsp3) is 0.667. The molecule has 1 aliphatic carbocycles. The Morgan fingerprint density at radius 2 is 1.96 bits per heavy atom. The van der Waals surface area contributed by atoms with Gasteiger partial charge in [-0.1, -0.05) is 6.07 Å². The largest absolute Gasteiger partial charge is 0.355 e. The van der Waals surface area contributed by atoms with E-state index in [0.29, 0.717) is 19.6 Å². The number of hydrogen-bond acceptors (Lipinski definition) is 4. The van der Waals surface area contributed by atoms with Gasteiger partial charge < -0.3 is 16.0 Å². The Labute approximate surface area is 159 Å². The van der Waals surface area contributed by atoms with Crippen LogP contribution in [0.5, 0.6) is 0 Å². The number of nitrogens with zero attached hydrogens (tertiary/aromatic N) is 1. The lowest BCUT2D eigenvalue weighted by Gasteiger charge is -2.33. The van der Waals surface area contributed by atoms with E-state index in [0.717, 1.165) is 38.5 Å². The number of carbonyl (C=O) groups excluding carboxylic acids is 2. The zero-order valence-corrected chi connectivity index (χ0v) is 16.1. The number of hydrogen-bond donors (Lipinski definition) is 2. The molecule has 2 fully saturated rings. The Morgan fingerprint density at radius 3 is 2.56 bits per heavy atom. The number of likely N-dealkylation sites (tertiary alicyclic amines) is 1. The van der Waals surface area contributed by atoms with Gasteiger partial charge >= 0.3 is 0 Å². The van der Waals surface area contributed by atoms with Crippen LogP contribution in [0.1, 0.15) is 37.0 Å². The summed E-state index contributed by atoms with van der Waals surface area (Å²) in [4.78, 5) is 28.0. The summed E-state index contributed by atoms with van der Waals surface area (Å²) in [6, 6.07) is 4.31. The molecule has 2 unspecified atom stereocenters. The van der Waals surface area contributed by atoms with E-state index in [4.69, 9.17) is 5.73 Å². The van der Waals surface area contributed by atoms with Gasteiger partial charge in [-0.25, -0.2) is 0 Å². The van der Waals surface area contributed by atoms with Gasteiger partial charge in [-0.3, -0.25) is 9.59 Å². The summed E-state index contributed by atoms with van der Waals surface area (Å²) in [6.07, 6.45) is 5.14. The molecule has 0 radical (unpaired) electrons. The Balaban J connectivity index is 0.00000225. The summed E-state index contributed by atoms with van der Waals surface area (Å²) in [5, 5.41) is 5.10. The van der Waals surface area contributed by atoms with Crippen LogP contribution in [0.4, 0.5) is 0 Å². The van der Waals surface area contributed by atoms with Gasteiger partial charge in [0.2, 0.25) is 11.8 Å². The first-order chi connectivity index (χ1) is 11.6. The summed E-state index contributed by atoms with van der Waals surface area (Å²) >= 11 is 1.72. The maximum absolute atomic E-state index is 12.5. The van der Waals surface area contributed by atoms with E-state index >= 15 is 0 Å². The van der Waals surface area contributed by atoms with Gasteiger partial charge in [-0.15, -0.1) is 23.7 Å². The molecule has 1 aromatic heterocycles. The van der Waals surface area contributed by atoms with Crippen molar-refractivity contribution in [2.45, 2.75) is 44.6 Å². The minimum atomic E-state index is 0. The van der Waals surface area contributed by atoms with Gasteiger partial charge in [0, 0.05) is 42.4 Å². The van der Waals surface area contributed by atoms with Crippen LogP contribution in [0.25, 0.3) is 0 Å². The number of nitrogens with one attached hydrogen (secondary N) is 1. The first kappa shape index (κ1) is 20.2. The molecule has 1 saturated carbocycles. The number of rotatable bonds is 5. The molecule has 7 heteroatoms. The van der Waals surface area contributed by atoms with Crippen LogP contribution < -0.4 is 11.1 Å². The third-order valence-corrected chi connectivity index (χ3v) is 6.19. The maximum atomic E-state index is 12.5. The van der Waals surface area contributed by atoms with Gasteiger partial charge in [-0.05, 0) is 50.0 Å². The smallest absolute Gasteiger partial charge is 0.225 e. The number of amides is 2. The Morgan fingerprint density at radius 1 is 1.20 bits per heavy atom. The summed E-state index contributed by atoms with van der Waals surface area (Å²) in [5.41, 5.74) is 5.91. The van der Waals surface area contributed by atoms with E-state index in [9.17, 15) is 9.59 Å². The molecule has 3 N–H and O–H groups in total. The highest BCUT2D eigenvalue weighted by molar-refractivity contribution is 7.09. The molecule has 1 aliphatic heterocycles. The fourth-order valence-corrected chi connectivity index (χ4v) is 4.48. The Hall–Kier alpha value is -1.11. The molecular formula is C18H28ClN3O2S. The lowest BCUT2D eigenvalue weighted by atomic mass is 9.94. The van der Waals surface area contributed by atoms with E-state index in [1.165, 1.54) is 4.88 Å². The van der Waals surface area contributed by atoms with Crippen molar-refractivity contribution < 1.29 is 9.59 Å². The van der Waals surface area contributed by atoms with E-state index in [1.54, 1.807) is 11.3 Å². The van der Waals surface area contributed by atoms with Crippen LogP contribution in [-0.4, -0.2) is 42.4 Å². The van der Waals surface area contributed by atoms with Gasteiger partial charge in [0.25, 0.3) is 0 Å². The minimum absolute atomic E-state index is 0. The van der Waals surface area contributed by atoms with Crippen molar-refractivity contribution in [2.24, 2.45) is 17.6 Å². The summed E-state index contributed by atoms with van der Waals surface area (Å²) in [7, 11) is 0. The van der Waals surface area contributed by atoms with Crippen molar-refractivity contribution >= 4 is 35.6 Å². The monoisotopic (exact) mass is 385 g/mol. The second-order valence-electron chi connectivity index (χ2n) is 6.99. The van der Waals surface area contributed by atoms with Gasteiger partial charge in [0.05, 0.1) is 0 Å². The quantitative estimate of drug-likeness (QED) is 0.815. The zero-order valence-electron chi connectivity index (χ0n) is 14.5. The van der Waals surface area contributed by atoms with Crippen LogP contribution in [0.15, 0.2) is 17.5 Å².